The van der Waals surface area contributed by atoms with E-state index in [-0.39, 0.29) is 23.4 Å². The van der Waals surface area contributed by atoms with Crippen molar-refractivity contribution in [3.8, 4) is 11.5 Å². The summed E-state index contributed by atoms with van der Waals surface area (Å²) in [6.07, 6.45) is 0.721. The molecule has 0 aliphatic carbocycles. The second-order valence-electron chi connectivity index (χ2n) is 4.99. The molecule has 19 heavy (non-hydrogen) atoms. The van der Waals surface area contributed by atoms with Gasteiger partial charge in [-0.25, -0.2) is 0 Å². The van der Waals surface area contributed by atoms with E-state index in [0.29, 0.717) is 18.0 Å². The SMILES string of the molecule is CNC(=O)C(CC(C)C)NCc1ccc(O)cc1O. The van der Waals surface area contributed by atoms with E-state index in [1.807, 2.05) is 0 Å². The van der Waals surface area contributed by atoms with Gasteiger partial charge in [-0.1, -0.05) is 19.9 Å². The molecule has 1 aromatic rings. The summed E-state index contributed by atoms with van der Waals surface area (Å²) in [6.45, 7) is 4.47. The maximum atomic E-state index is 11.7. The van der Waals surface area contributed by atoms with E-state index < -0.39 is 0 Å². The van der Waals surface area contributed by atoms with Crippen molar-refractivity contribution in [3.63, 3.8) is 0 Å². The molecule has 5 heteroatoms. The van der Waals surface area contributed by atoms with Crippen LogP contribution in [0.25, 0.3) is 0 Å². The number of likely N-dealkylation sites (N-methyl/N-ethyl adjacent to an activating group) is 1. The van der Waals surface area contributed by atoms with Crippen LogP contribution in [0.3, 0.4) is 0 Å². The van der Waals surface area contributed by atoms with Gasteiger partial charge in [0.05, 0.1) is 6.04 Å². The minimum Gasteiger partial charge on any atom is -0.508 e. The largest absolute Gasteiger partial charge is 0.508 e. The average molecular weight is 266 g/mol. The first-order chi connectivity index (χ1) is 8.93. The van der Waals surface area contributed by atoms with Crippen molar-refractivity contribution in [1.29, 1.82) is 0 Å². The van der Waals surface area contributed by atoms with Crippen LogP contribution in [0.2, 0.25) is 0 Å². The fourth-order valence-corrected chi connectivity index (χ4v) is 1.86. The average Bonchev–Trinajstić information content (AvgIpc) is 2.34. The lowest BCUT2D eigenvalue weighted by molar-refractivity contribution is -0.123. The first kappa shape index (κ1) is 15.3. The number of phenolic OH excluding ortho intramolecular Hbond substituents is 2. The lowest BCUT2D eigenvalue weighted by atomic mass is 10.0. The molecule has 106 valence electrons. The number of hydrogen-bond donors (Lipinski definition) is 4. The molecule has 0 saturated carbocycles. The maximum Gasteiger partial charge on any atom is 0.236 e. The zero-order valence-electron chi connectivity index (χ0n) is 11.6. The fraction of sp³-hybridized carbons (Fsp3) is 0.500. The highest BCUT2D eigenvalue weighted by Crippen LogP contribution is 2.22. The van der Waals surface area contributed by atoms with Crippen molar-refractivity contribution >= 4 is 5.91 Å². The lowest BCUT2D eigenvalue weighted by Crippen LogP contribution is -2.43. The third kappa shape index (κ3) is 4.79. The van der Waals surface area contributed by atoms with E-state index in [2.05, 4.69) is 24.5 Å². The Morgan fingerprint density at radius 3 is 2.53 bits per heavy atom. The molecule has 1 amide bonds. The normalized spacial score (nSPS) is 12.4. The van der Waals surface area contributed by atoms with Crippen LogP contribution in [0.4, 0.5) is 0 Å². The molecule has 0 bridgehead atoms. The molecule has 5 nitrogen and oxygen atoms in total. The second kappa shape index (κ2) is 6.99. The van der Waals surface area contributed by atoms with E-state index in [1.54, 1.807) is 13.1 Å². The molecule has 0 heterocycles. The number of hydrogen-bond acceptors (Lipinski definition) is 4. The van der Waals surface area contributed by atoms with E-state index in [0.717, 1.165) is 6.42 Å². The zero-order valence-corrected chi connectivity index (χ0v) is 11.6. The molecule has 1 aromatic carbocycles. The predicted octanol–water partition coefficient (Wildman–Crippen LogP) is 1.35. The number of phenols is 2. The highest BCUT2D eigenvalue weighted by molar-refractivity contribution is 5.81. The Morgan fingerprint density at radius 1 is 1.32 bits per heavy atom. The highest BCUT2D eigenvalue weighted by Gasteiger charge is 2.18. The van der Waals surface area contributed by atoms with E-state index in [1.165, 1.54) is 12.1 Å². The van der Waals surface area contributed by atoms with E-state index in [9.17, 15) is 15.0 Å². The summed E-state index contributed by atoms with van der Waals surface area (Å²) in [4.78, 5) is 11.7. The smallest absolute Gasteiger partial charge is 0.236 e. The highest BCUT2D eigenvalue weighted by atomic mass is 16.3. The molecule has 1 atom stereocenters. The quantitative estimate of drug-likeness (QED) is 0.626. The third-order valence-corrected chi connectivity index (χ3v) is 2.88. The Morgan fingerprint density at radius 2 is 2.00 bits per heavy atom. The molecule has 0 aromatic heterocycles. The molecular formula is C14H22N2O3. The van der Waals surface area contributed by atoms with Crippen molar-refractivity contribution in [1.82, 2.24) is 10.6 Å². The Kier molecular flexibility index (Phi) is 5.63. The minimum atomic E-state index is -0.293. The van der Waals surface area contributed by atoms with Gasteiger partial charge in [0, 0.05) is 25.2 Å². The third-order valence-electron chi connectivity index (χ3n) is 2.88. The van der Waals surface area contributed by atoms with Gasteiger partial charge in [-0.2, -0.15) is 0 Å². The van der Waals surface area contributed by atoms with Gasteiger partial charge in [0.1, 0.15) is 11.5 Å². The topological polar surface area (TPSA) is 81.6 Å². The molecule has 0 fully saturated rings. The van der Waals surface area contributed by atoms with Gasteiger partial charge in [0.15, 0.2) is 0 Å². The predicted molar refractivity (Wildman–Crippen MR) is 73.9 cm³/mol. The number of rotatable bonds is 6. The van der Waals surface area contributed by atoms with Crippen LogP contribution in [0.5, 0.6) is 11.5 Å². The minimum absolute atomic E-state index is 0.0197. The summed E-state index contributed by atoms with van der Waals surface area (Å²) in [5.74, 6) is 0.370. The first-order valence-corrected chi connectivity index (χ1v) is 6.40. The number of carbonyl (C=O) groups excluding carboxylic acids is 1. The standard InChI is InChI=1S/C14H22N2O3/c1-9(2)6-12(14(19)15-3)16-8-10-4-5-11(17)7-13(10)18/h4-5,7,9,12,16-18H,6,8H2,1-3H3,(H,15,19). The number of aromatic hydroxyl groups is 2. The van der Waals surface area contributed by atoms with Crippen molar-refractivity contribution in [2.24, 2.45) is 5.92 Å². The van der Waals surface area contributed by atoms with Gasteiger partial charge in [0.2, 0.25) is 5.91 Å². The molecule has 0 radical (unpaired) electrons. The molecule has 1 rings (SSSR count). The van der Waals surface area contributed by atoms with Gasteiger partial charge in [-0.05, 0) is 18.4 Å². The lowest BCUT2D eigenvalue weighted by Gasteiger charge is -2.19. The molecule has 1 unspecified atom stereocenters. The summed E-state index contributed by atoms with van der Waals surface area (Å²) in [6, 6.07) is 4.13. The van der Waals surface area contributed by atoms with Crippen LogP contribution in [-0.2, 0) is 11.3 Å². The number of carbonyl (C=O) groups is 1. The second-order valence-corrected chi connectivity index (χ2v) is 4.99. The zero-order chi connectivity index (χ0) is 14.4. The fourth-order valence-electron chi connectivity index (χ4n) is 1.86. The molecular weight excluding hydrogens is 244 g/mol. The number of amides is 1. The Balaban J connectivity index is 2.67. The van der Waals surface area contributed by atoms with Crippen LogP contribution >= 0.6 is 0 Å². The van der Waals surface area contributed by atoms with Gasteiger partial charge < -0.3 is 20.8 Å². The van der Waals surface area contributed by atoms with Gasteiger partial charge in [-0.15, -0.1) is 0 Å². The van der Waals surface area contributed by atoms with E-state index >= 15 is 0 Å². The summed E-state index contributed by atoms with van der Waals surface area (Å²) < 4.78 is 0. The molecule has 0 aliphatic heterocycles. The van der Waals surface area contributed by atoms with Crippen LogP contribution in [0.15, 0.2) is 18.2 Å². The van der Waals surface area contributed by atoms with Crippen molar-refractivity contribution in [2.45, 2.75) is 32.9 Å². The van der Waals surface area contributed by atoms with Crippen LogP contribution < -0.4 is 10.6 Å². The summed E-state index contributed by atoms with van der Waals surface area (Å²) in [5.41, 5.74) is 0.649. The number of nitrogens with one attached hydrogen (secondary N) is 2. The molecule has 0 spiro atoms. The van der Waals surface area contributed by atoms with Crippen molar-refractivity contribution in [2.75, 3.05) is 7.05 Å². The summed E-state index contributed by atoms with van der Waals surface area (Å²) in [7, 11) is 1.61. The first-order valence-electron chi connectivity index (χ1n) is 6.40. The van der Waals surface area contributed by atoms with Gasteiger partial charge in [-0.3, -0.25) is 4.79 Å². The van der Waals surface area contributed by atoms with Crippen molar-refractivity contribution in [3.05, 3.63) is 23.8 Å². The van der Waals surface area contributed by atoms with Gasteiger partial charge in [0.25, 0.3) is 0 Å². The molecule has 4 N–H and O–H groups in total. The van der Waals surface area contributed by atoms with Gasteiger partial charge >= 0.3 is 0 Å². The Hall–Kier alpha value is -1.75. The maximum absolute atomic E-state index is 11.7. The summed E-state index contributed by atoms with van der Waals surface area (Å²) >= 11 is 0. The van der Waals surface area contributed by atoms with E-state index in [4.69, 9.17) is 0 Å². The van der Waals surface area contributed by atoms with Crippen molar-refractivity contribution < 1.29 is 15.0 Å². The molecule has 0 saturated heterocycles. The number of benzene rings is 1. The summed E-state index contributed by atoms with van der Waals surface area (Å²) in [5, 5.41) is 24.6. The van der Waals surface area contributed by atoms with Crippen LogP contribution in [0.1, 0.15) is 25.8 Å². The Labute approximate surface area is 113 Å². The van der Waals surface area contributed by atoms with Crippen LogP contribution in [0, 0.1) is 5.92 Å². The van der Waals surface area contributed by atoms with Crippen LogP contribution in [-0.4, -0.2) is 29.2 Å². The Bertz CT molecular complexity index is 433. The monoisotopic (exact) mass is 266 g/mol. The molecule has 0 aliphatic rings.